The zero-order valence-electron chi connectivity index (χ0n) is 16.0. The smallest absolute Gasteiger partial charge is 0.287 e. The molecule has 0 spiro atoms. The fourth-order valence-corrected chi connectivity index (χ4v) is 4.94. The molecular formula is C20H25N3O4S. The van der Waals surface area contributed by atoms with Gasteiger partial charge in [0.15, 0.2) is 5.76 Å². The number of rotatable bonds is 5. The van der Waals surface area contributed by atoms with Crippen molar-refractivity contribution in [3.05, 3.63) is 42.2 Å². The van der Waals surface area contributed by atoms with Crippen LogP contribution in [0.5, 0.6) is 0 Å². The molecule has 1 amide bonds. The predicted octanol–water partition coefficient (Wildman–Crippen LogP) is 2.53. The highest BCUT2D eigenvalue weighted by atomic mass is 32.2. The van der Waals surface area contributed by atoms with Gasteiger partial charge in [0, 0.05) is 17.6 Å². The summed E-state index contributed by atoms with van der Waals surface area (Å²) < 4.78 is 31.5. The van der Waals surface area contributed by atoms with E-state index in [1.165, 1.54) is 0 Å². The normalized spacial score (nSPS) is 26.8. The number of nitrogens with one attached hydrogen (secondary N) is 2. The summed E-state index contributed by atoms with van der Waals surface area (Å²) in [6.07, 6.45) is 3.33. The lowest BCUT2D eigenvalue weighted by Gasteiger charge is -2.49. The van der Waals surface area contributed by atoms with E-state index in [4.69, 9.17) is 4.42 Å². The molecule has 0 radical (unpaired) electrons. The maximum absolute atomic E-state index is 12.8. The van der Waals surface area contributed by atoms with Crippen molar-refractivity contribution in [2.45, 2.75) is 31.8 Å². The van der Waals surface area contributed by atoms with Crippen molar-refractivity contribution in [3.63, 3.8) is 0 Å². The first kappa shape index (κ1) is 19.0. The molecule has 2 aromatic rings. The first-order valence-corrected chi connectivity index (χ1v) is 11.4. The zero-order chi connectivity index (χ0) is 19.9. The topological polar surface area (TPSA) is 91.7 Å². The molecule has 0 saturated carbocycles. The van der Waals surface area contributed by atoms with E-state index in [1.807, 2.05) is 0 Å². The quantitative estimate of drug-likeness (QED) is 0.800. The summed E-state index contributed by atoms with van der Waals surface area (Å²) in [6, 6.07) is 10.7. The van der Waals surface area contributed by atoms with E-state index in [0.29, 0.717) is 29.0 Å². The molecule has 3 aliphatic heterocycles. The van der Waals surface area contributed by atoms with Gasteiger partial charge in [-0.05, 0) is 63.0 Å². The number of carbonyl (C=O) groups is 1. The average Bonchev–Trinajstić information content (AvgIpc) is 3.14. The standard InChI is InChI=1S/C20H25N3O4S/c1-13-19(14-9-11-23(13)12-10-14)21-20(24)18-8-7-17(27-18)15-5-3-4-6-16(15)22-28(2,25)26/h3-8,13-14,19,22H,9-12H2,1-2H3,(H,21,24). The van der Waals surface area contributed by atoms with E-state index in [-0.39, 0.29) is 17.7 Å². The summed E-state index contributed by atoms with van der Waals surface area (Å²) in [5.74, 6) is 0.954. The van der Waals surface area contributed by atoms with Crippen molar-refractivity contribution in [1.82, 2.24) is 10.2 Å². The molecular weight excluding hydrogens is 378 g/mol. The lowest BCUT2D eigenvalue weighted by atomic mass is 9.79. The molecule has 7 nitrogen and oxygen atoms in total. The van der Waals surface area contributed by atoms with Crippen LogP contribution >= 0.6 is 0 Å². The molecule has 3 saturated heterocycles. The molecule has 0 aliphatic carbocycles. The van der Waals surface area contributed by atoms with E-state index in [2.05, 4.69) is 21.9 Å². The number of hydrogen-bond donors (Lipinski definition) is 2. The Bertz CT molecular complexity index is 975. The van der Waals surface area contributed by atoms with Gasteiger partial charge in [0.2, 0.25) is 10.0 Å². The summed E-state index contributed by atoms with van der Waals surface area (Å²) in [5.41, 5.74) is 1.00. The molecule has 8 heteroatoms. The fourth-order valence-electron chi connectivity index (χ4n) is 4.36. The second-order valence-electron chi connectivity index (χ2n) is 7.70. The monoisotopic (exact) mass is 403 g/mol. The molecule has 5 rings (SSSR count). The lowest BCUT2D eigenvalue weighted by molar-refractivity contribution is 0.0211. The number of amides is 1. The third-order valence-electron chi connectivity index (χ3n) is 5.79. The highest BCUT2D eigenvalue weighted by molar-refractivity contribution is 7.92. The van der Waals surface area contributed by atoms with Crippen molar-refractivity contribution in [2.24, 2.45) is 5.92 Å². The minimum absolute atomic E-state index is 0.128. The molecule has 1 aromatic heterocycles. The number of nitrogens with zero attached hydrogens (tertiary/aromatic N) is 1. The maximum Gasteiger partial charge on any atom is 0.287 e. The Morgan fingerprint density at radius 3 is 2.54 bits per heavy atom. The number of sulfonamides is 1. The van der Waals surface area contributed by atoms with Crippen LogP contribution in [-0.4, -0.2) is 50.7 Å². The summed E-state index contributed by atoms with van der Waals surface area (Å²) in [6.45, 7) is 4.37. The number of furan rings is 1. The van der Waals surface area contributed by atoms with Crippen LogP contribution in [0.1, 0.15) is 30.3 Å². The number of hydrogen-bond acceptors (Lipinski definition) is 5. The highest BCUT2D eigenvalue weighted by Gasteiger charge is 2.40. The molecule has 28 heavy (non-hydrogen) atoms. The van der Waals surface area contributed by atoms with Gasteiger partial charge in [0.1, 0.15) is 5.76 Å². The lowest BCUT2D eigenvalue weighted by Crippen LogP contribution is -2.62. The largest absolute Gasteiger partial charge is 0.451 e. The third kappa shape index (κ3) is 3.79. The summed E-state index contributed by atoms with van der Waals surface area (Å²) in [5, 5.41) is 3.15. The van der Waals surface area contributed by atoms with E-state index in [0.717, 1.165) is 32.2 Å². The van der Waals surface area contributed by atoms with Gasteiger partial charge in [0.25, 0.3) is 5.91 Å². The van der Waals surface area contributed by atoms with Crippen LogP contribution in [0.4, 0.5) is 5.69 Å². The molecule has 2 N–H and O–H groups in total. The first-order chi connectivity index (χ1) is 13.3. The number of anilines is 1. The highest BCUT2D eigenvalue weighted by Crippen LogP contribution is 2.33. The number of fused-ring (bicyclic) bond motifs is 3. The van der Waals surface area contributed by atoms with E-state index >= 15 is 0 Å². The molecule has 3 fully saturated rings. The van der Waals surface area contributed by atoms with Crippen LogP contribution in [0.15, 0.2) is 40.8 Å². The van der Waals surface area contributed by atoms with Crippen LogP contribution < -0.4 is 10.0 Å². The molecule has 1 aromatic carbocycles. The van der Waals surface area contributed by atoms with Crippen LogP contribution in [0.2, 0.25) is 0 Å². The molecule has 150 valence electrons. The average molecular weight is 404 g/mol. The van der Waals surface area contributed by atoms with Gasteiger partial charge >= 0.3 is 0 Å². The number of para-hydroxylation sites is 1. The first-order valence-electron chi connectivity index (χ1n) is 9.54. The van der Waals surface area contributed by atoms with Gasteiger partial charge in [-0.15, -0.1) is 0 Å². The van der Waals surface area contributed by atoms with Gasteiger partial charge in [0.05, 0.1) is 11.9 Å². The van der Waals surface area contributed by atoms with Crippen molar-refractivity contribution in [2.75, 3.05) is 24.1 Å². The molecule has 4 heterocycles. The van der Waals surface area contributed by atoms with Gasteiger partial charge < -0.3 is 9.73 Å². The third-order valence-corrected chi connectivity index (χ3v) is 6.38. The minimum atomic E-state index is -3.42. The summed E-state index contributed by atoms with van der Waals surface area (Å²) >= 11 is 0. The Morgan fingerprint density at radius 2 is 1.86 bits per heavy atom. The van der Waals surface area contributed by atoms with Crippen molar-refractivity contribution in [3.8, 4) is 11.3 Å². The summed E-state index contributed by atoms with van der Waals surface area (Å²) in [7, 11) is -3.42. The SMILES string of the molecule is CC1C(NC(=O)c2ccc(-c3ccccc3NS(C)(=O)=O)o2)C2CCN1CC2. The van der Waals surface area contributed by atoms with Crippen molar-refractivity contribution < 1.29 is 17.6 Å². The molecule has 2 atom stereocenters. The van der Waals surface area contributed by atoms with Crippen LogP contribution in [0, 0.1) is 5.92 Å². The van der Waals surface area contributed by atoms with Crippen LogP contribution in [0.3, 0.4) is 0 Å². The van der Waals surface area contributed by atoms with Crippen LogP contribution in [-0.2, 0) is 10.0 Å². The molecule has 2 bridgehead atoms. The Morgan fingerprint density at radius 1 is 1.14 bits per heavy atom. The van der Waals surface area contributed by atoms with Gasteiger partial charge in [-0.2, -0.15) is 0 Å². The predicted molar refractivity (Wildman–Crippen MR) is 108 cm³/mol. The summed E-state index contributed by atoms with van der Waals surface area (Å²) in [4.78, 5) is 15.2. The Balaban J connectivity index is 1.53. The number of benzene rings is 1. The Kier molecular flexibility index (Phi) is 4.93. The number of piperidine rings is 3. The maximum atomic E-state index is 12.8. The fraction of sp³-hybridized carbons (Fsp3) is 0.450. The van der Waals surface area contributed by atoms with Gasteiger partial charge in [-0.3, -0.25) is 14.4 Å². The molecule has 2 unspecified atom stereocenters. The van der Waals surface area contributed by atoms with Crippen LogP contribution in [0.25, 0.3) is 11.3 Å². The Labute approximate surface area is 165 Å². The second kappa shape index (κ2) is 7.25. The van der Waals surface area contributed by atoms with Gasteiger partial charge in [-0.1, -0.05) is 12.1 Å². The molecule has 3 aliphatic rings. The van der Waals surface area contributed by atoms with Gasteiger partial charge in [-0.25, -0.2) is 8.42 Å². The zero-order valence-corrected chi connectivity index (χ0v) is 16.8. The second-order valence-corrected chi connectivity index (χ2v) is 9.45. The van der Waals surface area contributed by atoms with E-state index < -0.39 is 10.0 Å². The minimum Gasteiger partial charge on any atom is -0.451 e. The van der Waals surface area contributed by atoms with Crippen molar-refractivity contribution in [1.29, 1.82) is 0 Å². The van der Waals surface area contributed by atoms with E-state index in [9.17, 15) is 13.2 Å². The number of carbonyl (C=O) groups excluding carboxylic acids is 1. The Hall–Kier alpha value is -2.32. The van der Waals surface area contributed by atoms with Crippen molar-refractivity contribution >= 4 is 21.6 Å². The van der Waals surface area contributed by atoms with E-state index in [1.54, 1.807) is 36.4 Å².